The lowest BCUT2D eigenvalue weighted by Gasteiger charge is -2.13. The van der Waals surface area contributed by atoms with Gasteiger partial charge in [0, 0.05) is 21.7 Å². The van der Waals surface area contributed by atoms with Gasteiger partial charge in [0.25, 0.3) is 0 Å². The zero-order chi connectivity index (χ0) is 15.2. The molecule has 2 rings (SSSR count). The van der Waals surface area contributed by atoms with E-state index in [0.717, 1.165) is 43.0 Å². The van der Waals surface area contributed by atoms with Crippen molar-refractivity contribution in [3.63, 3.8) is 0 Å². The first-order valence-electron chi connectivity index (χ1n) is 7.33. The molecule has 0 aromatic carbocycles. The number of nitrogens with two attached hydrogens (primary N) is 1. The summed E-state index contributed by atoms with van der Waals surface area (Å²) in [4.78, 5) is 11.7. The van der Waals surface area contributed by atoms with Crippen molar-refractivity contribution in [1.29, 1.82) is 0 Å². The fourth-order valence-corrected chi connectivity index (χ4v) is 2.99. The first-order chi connectivity index (χ1) is 10.2. The Bertz CT molecular complexity index is 594. The molecule has 0 bridgehead atoms. The quantitative estimate of drug-likeness (QED) is 0.541. The number of aromatic nitrogens is 2. The molecule has 0 aliphatic rings. The van der Waals surface area contributed by atoms with E-state index in [4.69, 9.17) is 5.84 Å². The molecule has 0 unspecified atom stereocenters. The Kier molecular flexibility index (Phi) is 5.52. The third-order valence-electron chi connectivity index (χ3n) is 3.30. The Morgan fingerprint density at radius 3 is 2.48 bits per heavy atom. The van der Waals surface area contributed by atoms with Gasteiger partial charge >= 0.3 is 0 Å². The summed E-state index contributed by atoms with van der Waals surface area (Å²) in [5, 5.41) is 3.40. The molecule has 0 spiro atoms. The number of nitrogen functional groups attached to an aromatic ring is 1. The number of rotatable bonds is 7. The molecule has 0 atom stereocenters. The van der Waals surface area contributed by atoms with Crippen LogP contribution in [0.15, 0.2) is 12.1 Å². The maximum Gasteiger partial charge on any atom is 0.148 e. The van der Waals surface area contributed by atoms with Crippen LogP contribution < -0.4 is 16.6 Å². The number of hydrogen-bond acceptors (Lipinski definition) is 6. The van der Waals surface area contributed by atoms with Gasteiger partial charge in [0.1, 0.15) is 17.5 Å². The van der Waals surface area contributed by atoms with Crippen molar-refractivity contribution in [2.24, 2.45) is 5.84 Å². The second kappa shape index (κ2) is 7.38. The van der Waals surface area contributed by atoms with E-state index in [9.17, 15) is 0 Å². The summed E-state index contributed by atoms with van der Waals surface area (Å²) in [5.41, 5.74) is 3.61. The van der Waals surface area contributed by atoms with Crippen molar-refractivity contribution < 1.29 is 0 Å². The van der Waals surface area contributed by atoms with Crippen LogP contribution in [-0.2, 0) is 19.4 Å². The lowest BCUT2D eigenvalue weighted by atomic mass is 10.2. The fourth-order valence-electron chi connectivity index (χ4n) is 2.09. The predicted molar refractivity (Wildman–Crippen MR) is 89.6 cm³/mol. The second-order valence-corrected chi connectivity index (χ2v) is 6.18. The molecule has 0 saturated heterocycles. The third-order valence-corrected chi connectivity index (χ3v) is 4.53. The maximum atomic E-state index is 5.55. The molecule has 6 heteroatoms. The lowest BCUT2D eigenvalue weighted by Crippen LogP contribution is -2.14. The van der Waals surface area contributed by atoms with E-state index in [0.29, 0.717) is 5.82 Å². The monoisotopic (exact) mass is 305 g/mol. The van der Waals surface area contributed by atoms with Crippen LogP contribution in [0, 0.1) is 6.92 Å². The van der Waals surface area contributed by atoms with Gasteiger partial charge in [-0.15, -0.1) is 11.3 Å². The zero-order valence-electron chi connectivity index (χ0n) is 12.9. The molecule has 0 amide bonds. The van der Waals surface area contributed by atoms with E-state index < -0.39 is 0 Å². The Hall–Kier alpha value is -1.66. The van der Waals surface area contributed by atoms with Crippen molar-refractivity contribution in [2.75, 3.05) is 10.7 Å². The van der Waals surface area contributed by atoms with Crippen molar-refractivity contribution in [3.05, 3.63) is 33.3 Å². The summed E-state index contributed by atoms with van der Waals surface area (Å²) in [5.74, 6) is 7.91. The molecule has 2 heterocycles. The summed E-state index contributed by atoms with van der Waals surface area (Å²) in [6.45, 7) is 7.04. The Balaban J connectivity index is 2.15. The van der Waals surface area contributed by atoms with E-state index in [1.54, 1.807) is 0 Å². The molecule has 2 aromatic rings. The summed E-state index contributed by atoms with van der Waals surface area (Å²) in [6, 6.07) is 4.35. The van der Waals surface area contributed by atoms with Crippen LogP contribution >= 0.6 is 11.3 Å². The van der Waals surface area contributed by atoms with E-state index in [-0.39, 0.29) is 0 Å². The molecular weight excluding hydrogens is 282 g/mol. The Morgan fingerprint density at radius 2 is 1.86 bits per heavy atom. The molecule has 114 valence electrons. The highest BCUT2D eigenvalue weighted by molar-refractivity contribution is 7.12. The highest BCUT2D eigenvalue weighted by Gasteiger charge is 2.10. The molecule has 0 aliphatic carbocycles. The normalized spacial score (nSPS) is 10.7. The standard InChI is InChI=1S/C15H23N5S/c1-4-6-13-18-14(10(3)15(19-13)20-16)17-9-12-8-7-11(5-2)21-12/h7-8H,4-6,9,16H2,1-3H3,(H2,17,18,19,20). The van der Waals surface area contributed by atoms with Gasteiger partial charge in [0.2, 0.25) is 0 Å². The number of nitrogens with zero attached hydrogens (tertiary/aromatic N) is 2. The van der Waals surface area contributed by atoms with Gasteiger partial charge in [-0.1, -0.05) is 13.8 Å². The van der Waals surface area contributed by atoms with Crippen LogP contribution in [0.2, 0.25) is 0 Å². The molecule has 0 aliphatic heterocycles. The predicted octanol–water partition coefficient (Wildman–Crippen LogP) is 3.26. The van der Waals surface area contributed by atoms with Crippen LogP contribution in [0.1, 0.15) is 41.4 Å². The summed E-state index contributed by atoms with van der Waals surface area (Å²) in [6.07, 6.45) is 2.94. The van der Waals surface area contributed by atoms with Crippen molar-refractivity contribution in [2.45, 2.75) is 46.6 Å². The van der Waals surface area contributed by atoms with Gasteiger partial charge in [-0.2, -0.15) is 0 Å². The summed E-state index contributed by atoms with van der Waals surface area (Å²) >= 11 is 1.84. The molecule has 5 nitrogen and oxygen atoms in total. The molecule has 21 heavy (non-hydrogen) atoms. The number of nitrogens with one attached hydrogen (secondary N) is 2. The molecule has 2 aromatic heterocycles. The largest absolute Gasteiger partial charge is 0.365 e. The second-order valence-electron chi connectivity index (χ2n) is 4.93. The van der Waals surface area contributed by atoms with Crippen molar-refractivity contribution >= 4 is 23.0 Å². The minimum atomic E-state index is 0.691. The van der Waals surface area contributed by atoms with Gasteiger partial charge in [-0.05, 0) is 31.9 Å². The average molecular weight is 305 g/mol. The van der Waals surface area contributed by atoms with E-state index >= 15 is 0 Å². The van der Waals surface area contributed by atoms with Gasteiger partial charge in [-0.25, -0.2) is 15.8 Å². The van der Waals surface area contributed by atoms with E-state index in [1.165, 1.54) is 9.75 Å². The average Bonchev–Trinajstić information content (AvgIpc) is 2.95. The molecular formula is C15H23N5S. The van der Waals surface area contributed by atoms with Gasteiger partial charge in [0.05, 0.1) is 6.54 Å². The molecule has 0 fully saturated rings. The maximum absolute atomic E-state index is 5.55. The number of hydrazine groups is 1. The number of aryl methyl sites for hydroxylation is 2. The van der Waals surface area contributed by atoms with Crippen LogP contribution in [0.5, 0.6) is 0 Å². The fraction of sp³-hybridized carbons (Fsp3) is 0.467. The van der Waals surface area contributed by atoms with Crippen LogP contribution in [0.3, 0.4) is 0 Å². The topological polar surface area (TPSA) is 75.9 Å². The smallest absolute Gasteiger partial charge is 0.148 e. The zero-order valence-corrected chi connectivity index (χ0v) is 13.7. The minimum Gasteiger partial charge on any atom is -0.365 e. The van der Waals surface area contributed by atoms with Crippen LogP contribution in [0.25, 0.3) is 0 Å². The third kappa shape index (κ3) is 3.92. The van der Waals surface area contributed by atoms with Crippen molar-refractivity contribution in [1.82, 2.24) is 9.97 Å². The Morgan fingerprint density at radius 1 is 1.14 bits per heavy atom. The van der Waals surface area contributed by atoms with Gasteiger partial charge < -0.3 is 10.7 Å². The number of hydrogen-bond donors (Lipinski definition) is 3. The first kappa shape index (κ1) is 15.7. The van der Waals surface area contributed by atoms with E-state index in [2.05, 4.69) is 46.7 Å². The van der Waals surface area contributed by atoms with Gasteiger partial charge in [0.15, 0.2) is 0 Å². The minimum absolute atomic E-state index is 0.691. The highest BCUT2D eigenvalue weighted by atomic mass is 32.1. The summed E-state index contributed by atoms with van der Waals surface area (Å²) < 4.78 is 0. The van der Waals surface area contributed by atoms with Crippen LogP contribution in [-0.4, -0.2) is 9.97 Å². The highest BCUT2D eigenvalue weighted by Crippen LogP contribution is 2.22. The van der Waals surface area contributed by atoms with E-state index in [1.807, 2.05) is 18.3 Å². The molecule has 0 radical (unpaired) electrons. The summed E-state index contributed by atoms with van der Waals surface area (Å²) in [7, 11) is 0. The van der Waals surface area contributed by atoms with Crippen LogP contribution in [0.4, 0.5) is 11.6 Å². The number of anilines is 2. The molecule has 0 saturated carbocycles. The SMILES string of the molecule is CCCc1nc(NN)c(C)c(NCc2ccc(CC)s2)n1. The Labute approximate surface area is 130 Å². The molecule has 4 N–H and O–H groups in total. The van der Waals surface area contributed by atoms with Gasteiger partial charge in [-0.3, -0.25) is 0 Å². The number of thiophene rings is 1. The lowest BCUT2D eigenvalue weighted by molar-refractivity contribution is 0.830. The van der Waals surface area contributed by atoms with Crippen molar-refractivity contribution in [3.8, 4) is 0 Å². The first-order valence-corrected chi connectivity index (χ1v) is 8.15.